The molecule has 1 aliphatic rings. The molecule has 0 saturated carbocycles. The van der Waals surface area contributed by atoms with Crippen LogP contribution in [0.15, 0.2) is 61.1 Å². The molecule has 0 radical (unpaired) electrons. The van der Waals surface area contributed by atoms with Gasteiger partial charge in [0.1, 0.15) is 11.6 Å². The van der Waals surface area contributed by atoms with Crippen LogP contribution in [0, 0.1) is 6.92 Å². The van der Waals surface area contributed by atoms with E-state index in [1.54, 1.807) is 13.4 Å². The number of hydrogen-bond donors (Lipinski definition) is 0. The van der Waals surface area contributed by atoms with Crippen molar-refractivity contribution in [3.05, 3.63) is 89.5 Å². The third-order valence-electron chi connectivity index (χ3n) is 5.77. The van der Waals surface area contributed by atoms with E-state index in [1.807, 2.05) is 46.7 Å². The molecular weight excluding hydrogens is 386 g/mol. The van der Waals surface area contributed by atoms with Crippen molar-refractivity contribution in [2.75, 3.05) is 7.11 Å². The minimum Gasteiger partial charge on any atom is -0.495 e. The number of imidazole rings is 1. The summed E-state index contributed by atoms with van der Waals surface area (Å²) in [6, 6.07) is 16.8. The van der Waals surface area contributed by atoms with E-state index >= 15 is 0 Å². The van der Waals surface area contributed by atoms with E-state index in [1.165, 1.54) is 5.56 Å². The average molecular weight is 412 g/mol. The second kappa shape index (κ2) is 8.22. The first kappa shape index (κ1) is 19.3. The highest BCUT2D eigenvalue weighted by atomic mass is 16.5. The van der Waals surface area contributed by atoms with Crippen LogP contribution in [0.25, 0.3) is 17.8 Å². The van der Waals surface area contributed by atoms with Gasteiger partial charge in [0.15, 0.2) is 5.82 Å². The van der Waals surface area contributed by atoms with E-state index in [2.05, 4.69) is 46.5 Å². The van der Waals surface area contributed by atoms with Gasteiger partial charge in [0, 0.05) is 19.2 Å². The molecule has 1 unspecified atom stereocenters. The summed E-state index contributed by atoms with van der Waals surface area (Å²) in [4.78, 5) is 9.07. The topological polar surface area (TPSA) is 57.8 Å². The lowest BCUT2D eigenvalue weighted by Gasteiger charge is -2.22. The van der Waals surface area contributed by atoms with Crippen molar-refractivity contribution in [2.45, 2.75) is 32.2 Å². The van der Waals surface area contributed by atoms with Crippen LogP contribution in [-0.2, 0) is 13.0 Å². The van der Waals surface area contributed by atoms with Crippen LogP contribution in [0.1, 0.15) is 40.8 Å². The van der Waals surface area contributed by atoms with Gasteiger partial charge in [0.05, 0.1) is 24.8 Å². The van der Waals surface area contributed by atoms with Crippen molar-refractivity contribution in [1.29, 1.82) is 0 Å². The molecule has 5 rings (SSSR count). The fraction of sp³-hybridized carbons (Fsp3) is 0.240. The molecule has 6 heteroatoms. The molecule has 1 aliphatic heterocycles. The Morgan fingerprint density at radius 3 is 2.74 bits per heavy atom. The van der Waals surface area contributed by atoms with E-state index in [0.29, 0.717) is 5.92 Å². The summed E-state index contributed by atoms with van der Waals surface area (Å²) in [6.45, 7) is 2.88. The van der Waals surface area contributed by atoms with Crippen molar-refractivity contribution < 1.29 is 4.74 Å². The summed E-state index contributed by atoms with van der Waals surface area (Å²) in [5, 5.41) is 4.68. The molecule has 2 aromatic heterocycles. The fourth-order valence-corrected chi connectivity index (χ4v) is 4.14. The van der Waals surface area contributed by atoms with Gasteiger partial charge in [0.2, 0.25) is 0 Å². The Kier molecular flexibility index (Phi) is 5.12. The Bertz CT molecular complexity index is 1220. The van der Waals surface area contributed by atoms with Crippen LogP contribution in [-0.4, -0.2) is 31.4 Å². The van der Waals surface area contributed by atoms with E-state index < -0.39 is 0 Å². The largest absolute Gasteiger partial charge is 0.495 e. The summed E-state index contributed by atoms with van der Waals surface area (Å²) in [5.74, 6) is 3.11. The van der Waals surface area contributed by atoms with Gasteiger partial charge in [-0.05, 0) is 48.6 Å². The number of nitrogens with zero attached hydrogens (tertiary/aromatic N) is 5. The Morgan fingerprint density at radius 2 is 1.97 bits per heavy atom. The zero-order chi connectivity index (χ0) is 21.2. The van der Waals surface area contributed by atoms with Crippen LogP contribution in [0.2, 0.25) is 0 Å². The second-order valence-electron chi connectivity index (χ2n) is 7.90. The first-order chi connectivity index (χ1) is 15.2. The van der Waals surface area contributed by atoms with Gasteiger partial charge >= 0.3 is 0 Å². The van der Waals surface area contributed by atoms with Crippen LogP contribution in [0.4, 0.5) is 0 Å². The average Bonchev–Trinajstić information content (AvgIpc) is 3.43. The molecular formula is C25H25N5O. The number of rotatable bonds is 5. The number of benzene rings is 2. The summed E-state index contributed by atoms with van der Waals surface area (Å²) in [6.07, 6.45) is 9.80. The van der Waals surface area contributed by atoms with Gasteiger partial charge in [-0.1, -0.05) is 42.5 Å². The maximum atomic E-state index is 5.60. The van der Waals surface area contributed by atoms with Crippen molar-refractivity contribution >= 4 is 12.2 Å². The van der Waals surface area contributed by atoms with Gasteiger partial charge in [-0.25, -0.2) is 14.6 Å². The smallest absolute Gasteiger partial charge is 0.174 e. The van der Waals surface area contributed by atoms with Crippen LogP contribution in [0.3, 0.4) is 0 Å². The number of fused-ring (bicyclic) bond motifs is 1. The second-order valence-corrected chi connectivity index (χ2v) is 7.90. The van der Waals surface area contributed by atoms with Crippen molar-refractivity contribution in [3.8, 4) is 11.4 Å². The third-order valence-corrected chi connectivity index (χ3v) is 5.77. The monoisotopic (exact) mass is 411 g/mol. The van der Waals surface area contributed by atoms with Crippen LogP contribution in [0.5, 0.6) is 5.75 Å². The maximum Gasteiger partial charge on any atom is 0.174 e. The van der Waals surface area contributed by atoms with Crippen molar-refractivity contribution in [2.24, 2.45) is 0 Å². The molecule has 156 valence electrons. The first-order valence-corrected chi connectivity index (χ1v) is 10.6. The van der Waals surface area contributed by atoms with E-state index in [0.717, 1.165) is 53.7 Å². The standard InChI is InChI=1S/C25H25N5O/c1-18-16-29(17-26-18)22-10-8-19(14-23(22)31-2)9-11-24-27-25-15-21(12-13-30(25)28-24)20-6-4-3-5-7-20/h3-11,14,16-17,21H,12-13,15H2,1-2H3/b11-9+. The molecule has 6 nitrogen and oxygen atoms in total. The van der Waals surface area contributed by atoms with E-state index in [4.69, 9.17) is 9.72 Å². The van der Waals surface area contributed by atoms with Gasteiger partial charge in [-0.2, -0.15) is 5.10 Å². The highest BCUT2D eigenvalue weighted by molar-refractivity contribution is 5.69. The molecule has 0 spiro atoms. The van der Waals surface area contributed by atoms with E-state index in [-0.39, 0.29) is 0 Å². The molecule has 0 N–H and O–H groups in total. The summed E-state index contributed by atoms with van der Waals surface area (Å²) >= 11 is 0. The minimum atomic E-state index is 0.512. The lowest BCUT2D eigenvalue weighted by atomic mass is 9.90. The van der Waals surface area contributed by atoms with Crippen molar-refractivity contribution in [3.63, 3.8) is 0 Å². The van der Waals surface area contributed by atoms with Crippen LogP contribution >= 0.6 is 0 Å². The Hall–Kier alpha value is -3.67. The molecule has 0 saturated heterocycles. The molecule has 1 atom stereocenters. The van der Waals surface area contributed by atoms with Gasteiger partial charge < -0.3 is 9.30 Å². The number of aromatic nitrogens is 5. The molecule has 0 aliphatic carbocycles. The number of aryl methyl sites for hydroxylation is 2. The SMILES string of the molecule is COc1cc(/C=C/c2nc3n(n2)CCC(c2ccccc2)C3)ccc1-n1cnc(C)c1. The summed E-state index contributed by atoms with van der Waals surface area (Å²) < 4.78 is 9.62. The molecule has 2 aromatic carbocycles. The number of methoxy groups -OCH3 is 1. The molecule has 0 bridgehead atoms. The lowest BCUT2D eigenvalue weighted by Crippen LogP contribution is -2.19. The Balaban J connectivity index is 1.34. The molecule has 3 heterocycles. The zero-order valence-corrected chi connectivity index (χ0v) is 17.8. The Morgan fingerprint density at radius 1 is 1.10 bits per heavy atom. The maximum absolute atomic E-state index is 5.60. The number of hydrogen-bond acceptors (Lipinski definition) is 4. The van der Waals surface area contributed by atoms with E-state index in [9.17, 15) is 0 Å². The summed E-state index contributed by atoms with van der Waals surface area (Å²) in [5.41, 5.74) is 4.35. The molecule has 0 amide bonds. The zero-order valence-electron chi connectivity index (χ0n) is 17.8. The third kappa shape index (κ3) is 4.01. The lowest BCUT2D eigenvalue weighted by molar-refractivity contribution is 0.413. The van der Waals surface area contributed by atoms with Crippen LogP contribution < -0.4 is 4.74 Å². The first-order valence-electron chi connectivity index (χ1n) is 10.6. The van der Waals surface area contributed by atoms with Crippen molar-refractivity contribution in [1.82, 2.24) is 24.3 Å². The Labute approximate surface area is 181 Å². The van der Waals surface area contributed by atoms with Gasteiger partial charge in [0.25, 0.3) is 0 Å². The minimum absolute atomic E-state index is 0.512. The number of ether oxygens (including phenoxy) is 1. The van der Waals surface area contributed by atoms with Gasteiger partial charge in [-0.15, -0.1) is 0 Å². The fourth-order valence-electron chi connectivity index (χ4n) is 4.14. The van der Waals surface area contributed by atoms with Gasteiger partial charge in [-0.3, -0.25) is 0 Å². The molecule has 31 heavy (non-hydrogen) atoms. The highest BCUT2D eigenvalue weighted by Gasteiger charge is 2.22. The molecule has 4 aromatic rings. The highest BCUT2D eigenvalue weighted by Crippen LogP contribution is 2.29. The predicted octanol–water partition coefficient (Wildman–Crippen LogP) is 4.68. The predicted molar refractivity (Wildman–Crippen MR) is 121 cm³/mol. The molecule has 0 fully saturated rings. The quantitative estimate of drug-likeness (QED) is 0.478. The summed E-state index contributed by atoms with van der Waals surface area (Å²) in [7, 11) is 1.68. The normalized spacial score (nSPS) is 15.9.